The van der Waals surface area contributed by atoms with Gasteiger partial charge in [0.2, 0.25) is 0 Å². The zero-order valence-electron chi connectivity index (χ0n) is 13.7. The highest BCUT2D eigenvalue weighted by molar-refractivity contribution is 7.06. The molecular weight excluding hydrogens is 288 g/mol. The van der Waals surface area contributed by atoms with Gasteiger partial charge in [-0.3, -0.25) is 4.79 Å². The van der Waals surface area contributed by atoms with Crippen LogP contribution in [0.5, 0.6) is 0 Å². The Balaban J connectivity index is 2.85. The summed E-state index contributed by atoms with van der Waals surface area (Å²) in [6.45, 7) is 8.41. The first-order chi connectivity index (χ1) is 10.3. The van der Waals surface area contributed by atoms with E-state index < -0.39 is 19.6 Å². The second kappa shape index (κ2) is 6.09. The maximum Gasteiger partial charge on any atom is 0.304 e. The van der Waals surface area contributed by atoms with Gasteiger partial charge in [0.05, 0.1) is 5.54 Å². The topological polar surface area (TPSA) is 37.3 Å². The molecule has 3 heteroatoms. The summed E-state index contributed by atoms with van der Waals surface area (Å²) < 4.78 is 0. The lowest BCUT2D eigenvalue weighted by Crippen LogP contribution is -2.67. The van der Waals surface area contributed by atoms with Crippen LogP contribution in [0.25, 0.3) is 0 Å². The fourth-order valence-corrected chi connectivity index (χ4v) is 9.94. The van der Waals surface area contributed by atoms with Crippen LogP contribution in [0.15, 0.2) is 60.7 Å². The van der Waals surface area contributed by atoms with E-state index in [0.717, 1.165) is 0 Å². The van der Waals surface area contributed by atoms with Crippen LogP contribution in [0.2, 0.25) is 10.6 Å². The summed E-state index contributed by atoms with van der Waals surface area (Å²) in [7, 11) is -2.52. The molecule has 0 bridgehead atoms. The van der Waals surface area contributed by atoms with Gasteiger partial charge in [-0.25, -0.2) is 0 Å². The van der Waals surface area contributed by atoms with E-state index in [-0.39, 0.29) is 5.04 Å². The largest absolute Gasteiger partial charge is 0.481 e. The summed E-state index contributed by atoms with van der Waals surface area (Å²) >= 11 is 0. The summed E-state index contributed by atoms with van der Waals surface area (Å²) in [6.07, 6.45) is 0. The van der Waals surface area contributed by atoms with E-state index >= 15 is 0 Å². The Kier molecular flexibility index (Phi) is 4.57. The molecule has 0 heterocycles. The Bertz CT molecular complexity index is 590. The maximum absolute atomic E-state index is 12.0. The van der Waals surface area contributed by atoms with Crippen molar-refractivity contribution in [2.24, 2.45) is 0 Å². The summed E-state index contributed by atoms with van der Waals surface area (Å²) in [5, 5.41) is 12.1. The van der Waals surface area contributed by atoms with Crippen molar-refractivity contribution in [3.8, 4) is 0 Å². The molecule has 2 aromatic carbocycles. The Morgan fingerprint density at radius 1 is 0.909 bits per heavy atom. The zero-order chi connectivity index (χ0) is 16.4. The molecule has 1 N–H and O–H groups in total. The number of benzene rings is 2. The van der Waals surface area contributed by atoms with Gasteiger partial charge in [-0.2, -0.15) is 0 Å². The molecule has 2 rings (SSSR count). The average Bonchev–Trinajstić information content (AvgIpc) is 2.48. The fourth-order valence-electron chi connectivity index (χ4n) is 3.77. The standard InChI is InChI=1S/C19H24O2Si/c1-15(18(20)21)22(19(2,3)4,16-11-7-5-8-12-16)17-13-9-6-10-14-17/h5-15H,1-4H3,(H,20,21)/t15-/m1/s1. The van der Waals surface area contributed by atoms with Crippen LogP contribution >= 0.6 is 0 Å². The molecule has 0 aromatic heterocycles. The predicted molar refractivity (Wildman–Crippen MR) is 94.7 cm³/mol. The fraction of sp³-hybridized carbons (Fsp3) is 0.316. The van der Waals surface area contributed by atoms with Gasteiger partial charge in [-0.1, -0.05) is 98.7 Å². The molecule has 0 saturated heterocycles. The first-order valence-electron chi connectivity index (χ1n) is 7.65. The van der Waals surface area contributed by atoms with Gasteiger partial charge in [0, 0.05) is 0 Å². The lowest BCUT2D eigenvalue weighted by molar-refractivity contribution is -0.136. The highest BCUT2D eigenvalue weighted by Crippen LogP contribution is 2.43. The maximum atomic E-state index is 12.0. The highest BCUT2D eigenvalue weighted by atomic mass is 28.3. The van der Waals surface area contributed by atoms with Crippen LogP contribution in [0.4, 0.5) is 0 Å². The third-order valence-corrected chi connectivity index (χ3v) is 11.1. The molecule has 1 atom stereocenters. The Labute approximate surface area is 133 Å². The highest BCUT2D eigenvalue weighted by Gasteiger charge is 2.53. The third-order valence-electron chi connectivity index (χ3n) is 4.66. The second-order valence-electron chi connectivity index (χ2n) is 6.85. The Morgan fingerprint density at radius 3 is 1.55 bits per heavy atom. The van der Waals surface area contributed by atoms with E-state index in [0.29, 0.717) is 0 Å². The number of rotatable bonds is 4. The molecule has 0 aliphatic rings. The molecule has 0 fully saturated rings. The molecule has 22 heavy (non-hydrogen) atoms. The van der Waals surface area contributed by atoms with E-state index in [1.54, 1.807) is 0 Å². The van der Waals surface area contributed by atoms with Gasteiger partial charge < -0.3 is 5.11 Å². The quantitative estimate of drug-likeness (QED) is 0.877. The molecule has 0 saturated carbocycles. The van der Waals surface area contributed by atoms with Crippen molar-refractivity contribution in [2.75, 3.05) is 0 Å². The molecule has 0 spiro atoms. The molecule has 0 unspecified atom stereocenters. The molecular formula is C19H24O2Si. The second-order valence-corrected chi connectivity index (χ2v) is 12.0. The molecule has 0 radical (unpaired) electrons. The van der Waals surface area contributed by atoms with Crippen LogP contribution in [0.1, 0.15) is 27.7 Å². The first-order valence-corrected chi connectivity index (χ1v) is 9.73. The van der Waals surface area contributed by atoms with Crippen molar-refractivity contribution in [3.63, 3.8) is 0 Å². The van der Waals surface area contributed by atoms with Gasteiger partial charge in [-0.05, 0) is 5.04 Å². The van der Waals surface area contributed by atoms with E-state index in [9.17, 15) is 9.90 Å². The number of carboxylic acid groups (broad SMARTS) is 1. The van der Waals surface area contributed by atoms with Crippen molar-refractivity contribution < 1.29 is 9.90 Å². The van der Waals surface area contributed by atoms with E-state index in [4.69, 9.17) is 0 Å². The molecule has 0 amide bonds. The zero-order valence-corrected chi connectivity index (χ0v) is 14.7. The molecule has 116 valence electrons. The average molecular weight is 312 g/mol. The van der Waals surface area contributed by atoms with Gasteiger partial charge >= 0.3 is 5.97 Å². The van der Waals surface area contributed by atoms with E-state index in [2.05, 4.69) is 45.0 Å². The smallest absolute Gasteiger partial charge is 0.304 e. The molecule has 2 nitrogen and oxygen atoms in total. The number of carbonyl (C=O) groups is 1. The lowest BCUT2D eigenvalue weighted by Gasteiger charge is -2.46. The van der Waals surface area contributed by atoms with Gasteiger partial charge in [0.15, 0.2) is 0 Å². The monoisotopic (exact) mass is 312 g/mol. The summed E-state index contributed by atoms with van der Waals surface area (Å²) in [5.41, 5.74) is -0.405. The van der Waals surface area contributed by atoms with Gasteiger partial charge in [-0.15, -0.1) is 0 Å². The summed E-state index contributed by atoms with van der Waals surface area (Å²) in [5.74, 6) is -0.714. The van der Waals surface area contributed by atoms with Crippen LogP contribution in [-0.2, 0) is 4.79 Å². The van der Waals surface area contributed by atoms with Crippen LogP contribution in [0.3, 0.4) is 0 Å². The number of hydrogen-bond donors (Lipinski definition) is 1. The predicted octanol–water partition coefficient (Wildman–Crippen LogP) is 3.52. The van der Waals surface area contributed by atoms with Gasteiger partial charge in [0.25, 0.3) is 0 Å². The molecule has 0 aliphatic heterocycles. The van der Waals surface area contributed by atoms with Crippen molar-refractivity contribution in [3.05, 3.63) is 60.7 Å². The minimum atomic E-state index is -2.52. The number of carboxylic acids is 1. The Hall–Kier alpha value is -1.87. The van der Waals surface area contributed by atoms with E-state index in [1.165, 1.54) is 10.4 Å². The molecule has 0 aliphatic carbocycles. The van der Waals surface area contributed by atoms with Crippen molar-refractivity contribution in [1.29, 1.82) is 0 Å². The minimum absolute atomic E-state index is 0.118. The molecule has 2 aromatic rings. The SMILES string of the molecule is C[C@H](C(=O)O)[Si](c1ccccc1)(c1ccccc1)C(C)(C)C. The van der Waals surface area contributed by atoms with E-state index in [1.807, 2.05) is 43.3 Å². The van der Waals surface area contributed by atoms with Crippen molar-refractivity contribution in [2.45, 2.75) is 38.3 Å². The normalized spacial score (nSPS) is 13.6. The summed E-state index contributed by atoms with van der Waals surface area (Å²) in [4.78, 5) is 12.0. The first kappa shape index (κ1) is 16.5. The van der Waals surface area contributed by atoms with Crippen LogP contribution < -0.4 is 10.4 Å². The van der Waals surface area contributed by atoms with Crippen molar-refractivity contribution in [1.82, 2.24) is 0 Å². The lowest BCUT2D eigenvalue weighted by atomic mass is 10.2. The van der Waals surface area contributed by atoms with Crippen LogP contribution in [-0.4, -0.2) is 19.1 Å². The van der Waals surface area contributed by atoms with Gasteiger partial charge in [0.1, 0.15) is 8.07 Å². The number of hydrogen-bond acceptors (Lipinski definition) is 1. The minimum Gasteiger partial charge on any atom is -0.481 e. The van der Waals surface area contributed by atoms with Crippen LogP contribution in [0, 0.1) is 0 Å². The third kappa shape index (κ3) is 2.61. The Morgan fingerprint density at radius 2 is 1.27 bits per heavy atom. The number of aliphatic carboxylic acids is 1. The summed E-state index contributed by atoms with van der Waals surface area (Å²) in [6, 6.07) is 20.4. The van der Waals surface area contributed by atoms with Crippen molar-refractivity contribution >= 4 is 24.4 Å².